The van der Waals surface area contributed by atoms with Gasteiger partial charge in [-0.3, -0.25) is 4.79 Å². The Bertz CT molecular complexity index is 246. The first-order chi connectivity index (χ1) is 8.25. The molecule has 2 fully saturated rings. The molecule has 4 nitrogen and oxygen atoms in total. The quantitative estimate of drug-likeness (QED) is 0.759. The van der Waals surface area contributed by atoms with E-state index in [2.05, 4.69) is 10.6 Å². The number of carbonyl (C=O) groups excluding carboxylic acids is 1. The second-order valence-corrected chi connectivity index (χ2v) is 5.24. The monoisotopic (exact) mass is 240 g/mol. The van der Waals surface area contributed by atoms with Crippen molar-refractivity contribution in [2.24, 2.45) is 0 Å². The van der Waals surface area contributed by atoms with E-state index in [1.807, 2.05) is 6.92 Å². The van der Waals surface area contributed by atoms with Crippen molar-refractivity contribution in [2.45, 2.75) is 63.6 Å². The molecule has 0 bridgehead atoms. The van der Waals surface area contributed by atoms with Gasteiger partial charge in [0.25, 0.3) is 0 Å². The normalized spacial score (nSPS) is 30.4. The summed E-state index contributed by atoms with van der Waals surface area (Å²) in [4.78, 5) is 11.8. The molecule has 2 rings (SSSR count). The summed E-state index contributed by atoms with van der Waals surface area (Å²) < 4.78 is 5.57. The zero-order valence-electron chi connectivity index (χ0n) is 10.7. The summed E-state index contributed by atoms with van der Waals surface area (Å²) in [6.45, 7) is 4.00. The van der Waals surface area contributed by atoms with Gasteiger partial charge in [-0.05, 0) is 45.6 Å². The van der Waals surface area contributed by atoms with Crippen LogP contribution in [0.15, 0.2) is 0 Å². The minimum atomic E-state index is 0.154. The highest BCUT2D eigenvalue weighted by Crippen LogP contribution is 2.16. The van der Waals surface area contributed by atoms with E-state index >= 15 is 0 Å². The second-order valence-electron chi connectivity index (χ2n) is 5.24. The smallest absolute Gasteiger partial charge is 0.220 e. The Labute approximate surface area is 103 Å². The van der Waals surface area contributed by atoms with Gasteiger partial charge in [-0.25, -0.2) is 0 Å². The van der Waals surface area contributed by atoms with Gasteiger partial charge in [0.15, 0.2) is 0 Å². The number of amides is 1. The van der Waals surface area contributed by atoms with Crippen molar-refractivity contribution in [3.05, 3.63) is 0 Å². The van der Waals surface area contributed by atoms with E-state index in [0.29, 0.717) is 12.5 Å². The summed E-state index contributed by atoms with van der Waals surface area (Å²) in [6, 6.07) is 0.709. The van der Waals surface area contributed by atoms with Crippen molar-refractivity contribution in [1.29, 1.82) is 0 Å². The molecule has 0 saturated carbocycles. The fourth-order valence-electron chi connectivity index (χ4n) is 2.72. The summed E-state index contributed by atoms with van der Waals surface area (Å²) in [7, 11) is 0. The number of rotatable bonds is 5. The first-order valence-corrected chi connectivity index (χ1v) is 6.90. The molecule has 0 aromatic rings. The molecule has 2 saturated heterocycles. The molecule has 0 spiro atoms. The third kappa shape index (κ3) is 3.96. The van der Waals surface area contributed by atoms with E-state index in [9.17, 15) is 4.79 Å². The Balaban J connectivity index is 1.62. The van der Waals surface area contributed by atoms with Gasteiger partial charge in [-0.15, -0.1) is 0 Å². The van der Waals surface area contributed by atoms with Crippen LogP contribution in [-0.4, -0.2) is 37.2 Å². The molecule has 0 aromatic heterocycles. The minimum Gasteiger partial charge on any atom is -0.376 e. The first kappa shape index (κ1) is 12.8. The molecule has 1 amide bonds. The Morgan fingerprint density at radius 1 is 1.47 bits per heavy atom. The van der Waals surface area contributed by atoms with Crippen LogP contribution in [0.3, 0.4) is 0 Å². The van der Waals surface area contributed by atoms with Gasteiger partial charge in [0.05, 0.1) is 12.1 Å². The van der Waals surface area contributed by atoms with Crippen LogP contribution < -0.4 is 10.6 Å². The minimum absolute atomic E-state index is 0.154. The fraction of sp³-hybridized carbons (Fsp3) is 0.923. The van der Waals surface area contributed by atoms with Crippen LogP contribution in [-0.2, 0) is 9.53 Å². The molecule has 0 radical (unpaired) electrons. The van der Waals surface area contributed by atoms with Crippen molar-refractivity contribution in [1.82, 2.24) is 10.6 Å². The van der Waals surface area contributed by atoms with Gasteiger partial charge in [-0.1, -0.05) is 0 Å². The summed E-state index contributed by atoms with van der Waals surface area (Å²) >= 11 is 0. The maximum atomic E-state index is 11.8. The molecule has 0 aliphatic carbocycles. The van der Waals surface area contributed by atoms with Crippen molar-refractivity contribution in [3.63, 3.8) is 0 Å². The molecule has 2 aliphatic rings. The fourth-order valence-corrected chi connectivity index (χ4v) is 2.72. The van der Waals surface area contributed by atoms with Crippen LogP contribution in [0.5, 0.6) is 0 Å². The van der Waals surface area contributed by atoms with Crippen LogP contribution in [0, 0.1) is 0 Å². The van der Waals surface area contributed by atoms with Crippen LogP contribution in [0.1, 0.15) is 45.4 Å². The summed E-state index contributed by atoms with van der Waals surface area (Å²) in [5, 5.41) is 6.47. The number of ether oxygens (including phenoxy) is 1. The topological polar surface area (TPSA) is 50.4 Å². The van der Waals surface area contributed by atoms with E-state index in [4.69, 9.17) is 4.74 Å². The summed E-state index contributed by atoms with van der Waals surface area (Å²) in [6.07, 6.45) is 6.48. The zero-order chi connectivity index (χ0) is 12.1. The first-order valence-electron chi connectivity index (χ1n) is 6.90. The Morgan fingerprint density at radius 3 is 3.00 bits per heavy atom. The summed E-state index contributed by atoms with van der Waals surface area (Å²) in [5.41, 5.74) is 0. The second kappa shape index (κ2) is 6.36. The lowest BCUT2D eigenvalue weighted by molar-refractivity contribution is -0.122. The van der Waals surface area contributed by atoms with Gasteiger partial charge < -0.3 is 15.4 Å². The molecule has 0 aromatic carbocycles. The molecular formula is C13H24N2O2. The Hall–Kier alpha value is -0.610. The number of carbonyl (C=O) groups is 1. The van der Waals surface area contributed by atoms with Gasteiger partial charge in [-0.2, -0.15) is 0 Å². The van der Waals surface area contributed by atoms with Gasteiger partial charge in [0.2, 0.25) is 5.91 Å². The zero-order valence-corrected chi connectivity index (χ0v) is 10.7. The van der Waals surface area contributed by atoms with Crippen molar-refractivity contribution in [2.75, 3.05) is 13.2 Å². The molecular weight excluding hydrogens is 216 g/mol. The van der Waals surface area contributed by atoms with Crippen LogP contribution in [0.4, 0.5) is 0 Å². The van der Waals surface area contributed by atoms with E-state index in [1.165, 1.54) is 12.8 Å². The molecule has 2 aliphatic heterocycles. The highest BCUT2D eigenvalue weighted by atomic mass is 16.5. The molecule has 2 heterocycles. The lowest BCUT2D eigenvalue weighted by Gasteiger charge is -2.20. The van der Waals surface area contributed by atoms with E-state index in [0.717, 1.165) is 32.4 Å². The van der Waals surface area contributed by atoms with Gasteiger partial charge in [0.1, 0.15) is 0 Å². The predicted molar refractivity (Wildman–Crippen MR) is 66.8 cm³/mol. The maximum absolute atomic E-state index is 11.8. The van der Waals surface area contributed by atoms with E-state index in [-0.39, 0.29) is 18.1 Å². The summed E-state index contributed by atoms with van der Waals surface area (Å²) in [5.74, 6) is 0.168. The van der Waals surface area contributed by atoms with Gasteiger partial charge in [0, 0.05) is 19.1 Å². The van der Waals surface area contributed by atoms with Crippen molar-refractivity contribution >= 4 is 5.91 Å². The Kier molecular flexibility index (Phi) is 4.80. The molecule has 4 heteroatoms. The van der Waals surface area contributed by atoms with Crippen LogP contribution >= 0.6 is 0 Å². The highest BCUT2D eigenvalue weighted by Gasteiger charge is 2.24. The molecule has 98 valence electrons. The van der Waals surface area contributed by atoms with Crippen LogP contribution in [0.2, 0.25) is 0 Å². The largest absolute Gasteiger partial charge is 0.376 e. The van der Waals surface area contributed by atoms with E-state index in [1.54, 1.807) is 0 Å². The number of nitrogens with one attached hydrogen (secondary N) is 2. The number of hydrogen-bond donors (Lipinski definition) is 2. The average Bonchev–Trinajstić information content (AvgIpc) is 2.99. The standard InChI is InChI=1S/C13H24N2O2/c1-10(12-5-3-9-17-12)15-13(16)7-6-11-4-2-8-14-11/h10-12,14H,2-9H2,1H3,(H,15,16). The molecule has 17 heavy (non-hydrogen) atoms. The molecule has 3 atom stereocenters. The predicted octanol–water partition coefficient (Wildman–Crippen LogP) is 1.20. The molecule has 3 unspecified atom stereocenters. The third-order valence-corrected chi connectivity index (χ3v) is 3.79. The lowest BCUT2D eigenvalue weighted by Crippen LogP contribution is -2.41. The number of hydrogen-bond acceptors (Lipinski definition) is 3. The van der Waals surface area contributed by atoms with Crippen molar-refractivity contribution in [3.8, 4) is 0 Å². The lowest BCUT2D eigenvalue weighted by atomic mass is 10.1. The van der Waals surface area contributed by atoms with Crippen molar-refractivity contribution < 1.29 is 9.53 Å². The average molecular weight is 240 g/mol. The molecule has 2 N–H and O–H groups in total. The maximum Gasteiger partial charge on any atom is 0.220 e. The Morgan fingerprint density at radius 2 is 2.35 bits per heavy atom. The van der Waals surface area contributed by atoms with Crippen LogP contribution in [0.25, 0.3) is 0 Å². The highest BCUT2D eigenvalue weighted by molar-refractivity contribution is 5.76. The van der Waals surface area contributed by atoms with Gasteiger partial charge >= 0.3 is 0 Å². The SMILES string of the molecule is CC(NC(=O)CCC1CCCN1)C1CCCO1. The third-order valence-electron chi connectivity index (χ3n) is 3.79. The van der Waals surface area contributed by atoms with E-state index < -0.39 is 0 Å².